The molecule has 0 nitrogen and oxygen atoms in total. The molecule has 1 aliphatic carbocycles. The van der Waals surface area contributed by atoms with Crippen molar-refractivity contribution in [1.82, 2.24) is 0 Å². The Morgan fingerprint density at radius 3 is 2.86 bits per heavy atom. The van der Waals surface area contributed by atoms with Crippen molar-refractivity contribution in [2.45, 2.75) is 19.3 Å². The van der Waals surface area contributed by atoms with Crippen molar-refractivity contribution in [2.24, 2.45) is 0 Å². The van der Waals surface area contributed by atoms with Crippen LogP contribution in [0.5, 0.6) is 0 Å². The molecule has 0 N–H and O–H groups in total. The van der Waals surface area contributed by atoms with Crippen LogP contribution in [-0.4, -0.2) is 0 Å². The predicted octanol–water partition coefficient (Wildman–Crippen LogP) is 4.33. The number of hydrogen-bond acceptors (Lipinski definition) is 0. The quantitative estimate of drug-likeness (QED) is 0.673. The lowest BCUT2D eigenvalue weighted by molar-refractivity contribution is 0.870. The average Bonchev–Trinajstić information content (AvgIpc) is 2.44. The first kappa shape index (κ1) is 9.54. The second-order valence-corrected chi connectivity index (χ2v) is 4.30. The van der Waals surface area contributed by atoms with Gasteiger partial charge < -0.3 is 0 Å². The summed E-state index contributed by atoms with van der Waals surface area (Å²) in [4.78, 5) is 0. The van der Waals surface area contributed by atoms with Gasteiger partial charge in [-0.3, -0.25) is 0 Å². The zero-order valence-electron chi connectivity index (χ0n) is 8.26. The Hall–Kier alpha value is -1.01. The molecule has 72 valence electrons. The minimum atomic E-state index is 0.427. The lowest BCUT2D eigenvalue weighted by Gasteiger charge is -2.08. The maximum absolute atomic E-state index is 5.85. The molecule has 0 aliphatic heterocycles. The van der Waals surface area contributed by atoms with E-state index in [0.29, 0.717) is 5.92 Å². The van der Waals surface area contributed by atoms with Crippen LogP contribution in [-0.2, 0) is 0 Å². The Balaban J connectivity index is 2.37. The van der Waals surface area contributed by atoms with E-state index in [9.17, 15) is 0 Å². The molecule has 0 heterocycles. The zero-order chi connectivity index (χ0) is 10.1. The van der Waals surface area contributed by atoms with Gasteiger partial charge in [-0.15, -0.1) is 0 Å². The Morgan fingerprint density at radius 2 is 2.14 bits per heavy atom. The number of benzene rings is 1. The third kappa shape index (κ3) is 1.62. The highest BCUT2D eigenvalue weighted by atomic mass is 35.5. The molecule has 0 fully saturated rings. The SMILES string of the molecule is C=C(Cl)CC1C=C(C)c2ccccc21. The fourth-order valence-electron chi connectivity index (χ4n) is 2.07. The summed E-state index contributed by atoms with van der Waals surface area (Å²) in [6, 6.07) is 8.49. The van der Waals surface area contributed by atoms with E-state index >= 15 is 0 Å². The van der Waals surface area contributed by atoms with Crippen molar-refractivity contribution in [1.29, 1.82) is 0 Å². The third-order valence-electron chi connectivity index (χ3n) is 2.68. The van der Waals surface area contributed by atoms with Gasteiger partial charge in [0.1, 0.15) is 0 Å². The summed E-state index contributed by atoms with van der Waals surface area (Å²) in [5, 5.41) is 0.732. The third-order valence-corrected chi connectivity index (χ3v) is 2.83. The molecule has 14 heavy (non-hydrogen) atoms. The summed E-state index contributed by atoms with van der Waals surface area (Å²) in [5.41, 5.74) is 4.09. The van der Waals surface area contributed by atoms with Gasteiger partial charge in [0.15, 0.2) is 0 Å². The van der Waals surface area contributed by atoms with Gasteiger partial charge in [-0.2, -0.15) is 0 Å². The van der Waals surface area contributed by atoms with Crippen molar-refractivity contribution in [3.05, 3.63) is 53.1 Å². The van der Waals surface area contributed by atoms with Gasteiger partial charge in [0.25, 0.3) is 0 Å². The average molecular weight is 205 g/mol. The first-order chi connectivity index (χ1) is 6.68. The monoisotopic (exact) mass is 204 g/mol. The van der Waals surface area contributed by atoms with Crippen LogP contribution in [0.3, 0.4) is 0 Å². The minimum absolute atomic E-state index is 0.427. The number of fused-ring (bicyclic) bond motifs is 1. The molecular formula is C13H13Cl. The van der Waals surface area contributed by atoms with E-state index in [2.05, 4.69) is 43.8 Å². The van der Waals surface area contributed by atoms with Crippen LogP contribution in [0.4, 0.5) is 0 Å². The van der Waals surface area contributed by atoms with E-state index in [4.69, 9.17) is 11.6 Å². The molecule has 0 radical (unpaired) electrons. The number of hydrogen-bond donors (Lipinski definition) is 0. The van der Waals surface area contributed by atoms with Crippen molar-refractivity contribution in [2.75, 3.05) is 0 Å². The summed E-state index contributed by atoms with van der Waals surface area (Å²) in [6.07, 6.45) is 3.12. The van der Waals surface area contributed by atoms with E-state index in [1.807, 2.05) is 0 Å². The highest BCUT2D eigenvalue weighted by molar-refractivity contribution is 6.29. The van der Waals surface area contributed by atoms with E-state index in [1.165, 1.54) is 16.7 Å². The van der Waals surface area contributed by atoms with Crippen molar-refractivity contribution in [3.8, 4) is 0 Å². The van der Waals surface area contributed by atoms with Crippen LogP contribution < -0.4 is 0 Å². The van der Waals surface area contributed by atoms with Crippen LogP contribution >= 0.6 is 11.6 Å². The Morgan fingerprint density at radius 1 is 1.43 bits per heavy atom. The predicted molar refractivity (Wildman–Crippen MR) is 62.4 cm³/mol. The van der Waals surface area contributed by atoms with Gasteiger partial charge >= 0.3 is 0 Å². The topological polar surface area (TPSA) is 0 Å². The largest absolute Gasteiger partial charge is 0.0898 e. The number of halogens is 1. The molecule has 0 amide bonds. The van der Waals surface area contributed by atoms with Crippen LogP contribution in [0.1, 0.15) is 30.4 Å². The molecule has 1 unspecified atom stereocenters. The van der Waals surface area contributed by atoms with Crippen molar-refractivity contribution >= 4 is 17.2 Å². The molecular weight excluding hydrogens is 192 g/mol. The van der Waals surface area contributed by atoms with Crippen molar-refractivity contribution < 1.29 is 0 Å². The van der Waals surface area contributed by atoms with Crippen molar-refractivity contribution in [3.63, 3.8) is 0 Å². The van der Waals surface area contributed by atoms with Crippen LogP contribution in [0.25, 0.3) is 5.57 Å². The lowest BCUT2D eigenvalue weighted by atomic mass is 9.97. The van der Waals surface area contributed by atoms with Crippen LogP contribution in [0, 0.1) is 0 Å². The molecule has 1 atom stereocenters. The summed E-state index contributed by atoms with van der Waals surface area (Å²) in [5.74, 6) is 0.427. The highest BCUT2D eigenvalue weighted by Crippen LogP contribution is 2.38. The normalized spacial score (nSPS) is 19.0. The summed E-state index contributed by atoms with van der Waals surface area (Å²) in [6.45, 7) is 5.90. The summed E-state index contributed by atoms with van der Waals surface area (Å²) >= 11 is 5.85. The smallest absolute Gasteiger partial charge is 0.0118 e. The van der Waals surface area contributed by atoms with Gasteiger partial charge in [-0.25, -0.2) is 0 Å². The molecule has 0 bridgehead atoms. The first-order valence-corrected chi connectivity index (χ1v) is 5.17. The molecule has 0 saturated carbocycles. The number of allylic oxidation sites excluding steroid dienone is 3. The molecule has 1 aromatic rings. The van der Waals surface area contributed by atoms with E-state index < -0.39 is 0 Å². The zero-order valence-corrected chi connectivity index (χ0v) is 9.01. The summed E-state index contributed by atoms with van der Waals surface area (Å²) < 4.78 is 0. The molecule has 0 saturated heterocycles. The Kier molecular flexibility index (Phi) is 2.47. The maximum atomic E-state index is 5.85. The minimum Gasteiger partial charge on any atom is -0.0898 e. The van der Waals surface area contributed by atoms with E-state index in [-0.39, 0.29) is 0 Å². The van der Waals surface area contributed by atoms with Gasteiger partial charge in [-0.05, 0) is 30.0 Å². The van der Waals surface area contributed by atoms with Crippen LogP contribution in [0.15, 0.2) is 42.0 Å². The Labute approximate surface area is 89.9 Å². The van der Waals surface area contributed by atoms with Gasteiger partial charge in [-0.1, -0.05) is 48.5 Å². The first-order valence-electron chi connectivity index (χ1n) is 4.79. The summed E-state index contributed by atoms with van der Waals surface area (Å²) in [7, 11) is 0. The highest BCUT2D eigenvalue weighted by Gasteiger charge is 2.20. The van der Waals surface area contributed by atoms with Gasteiger partial charge in [0.05, 0.1) is 0 Å². The molecule has 0 spiro atoms. The molecule has 2 rings (SSSR count). The van der Waals surface area contributed by atoms with E-state index in [0.717, 1.165) is 11.5 Å². The van der Waals surface area contributed by atoms with Gasteiger partial charge in [0.2, 0.25) is 0 Å². The number of rotatable bonds is 2. The second kappa shape index (κ2) is 3.62. The second-order valence-electron chi connectivity index (χ2n) is 3.76. The molecule has 1 heteroatoms. The molecule has 1 aliphatic rings. The van der Waals surface area contributed by atoms with Crippen LogP contribution in [0.2, 0.25) is 0 Å². The molecule has 0 aromatic heterocycles. The maximum Gasteiger partial charge on any atom is 0.0118 e. The fourth-order valence-corrected chi connectivity index (χ4v) is 2.23. The molecule has 1 aromatic carbocycles. The lowest BCUT2D eigenvalue weighted by Crippen LogP contribution is -1.92. The fraction of sp³-hybridized carbons (Fsp3) is 0.231. The standard InChI is InChI=1S/C13H13Cl/c1-9-7-11(8-10(2)14)13-6-4-3-5-12(9)13/h3-7,11H,2,8H2,1H3. The van der Waals surface area contributed by atoms with Gasteiger partial charge in [0, 0.05) is 11.0 Å². The van der Waals surface area contributed by atoms with E-state index in [1.54, 1.807) is 0 Å². The Bertz CT molecular complexity index is 401.